The second-order valence-electron chi connectivity index (χ2n) is 6.95. The summed E-state index contributed by atoms with van der Waals surface area (Å²) in [5.74, 6) is 0.112. The Labute approximate surface area is 153 Å². The summed E-state index contributed by atoms with van der Waals surface area (Å²) in [6.07, 6.45) is 5.03. The first-order chi connectivity index (χ1) is 12.6. The number of amides is 3. The number of likely N-dealkylation sites (tertiary alicyclic amines) is 2. The minimum absolute atomic E-state index is 0.0251. The van der Waals surface area contributed by atoms with Crippen molar-refractivity contribution in [3.8, 4) is 0 Å². The molecule has 0 aromatic carbocycles. The first-order valence-electron chi connectivity index (χ1n) is 9.36. The predicted octanol–water partition coefficient (Wildman–Crippen LogP) is 0.949. The maximum Gasteiger partial charge on any atom is 0.225 e. The van der Waals surface area contributed by atoms with Crippen molar-refractivity contribution in [1.29, 1.82) is 0 Å². The summed E-state index contributed by atoms with van der Waals surface area (Å²) >= 11 is 0. The zero-order valence-corrected chi connectivity index (χ0v) is 15.0. The number of nitrogens with one attached hydrogen (secondary N) is 1. The van der Waals surface area contributed by atoms with Crippen LogP contribution in [-0.4, -0.2) is 58.7 Å². The van der Waals surface area contributed by atoms with E-state index in [4.69, 9.17) is 0 Å². The Hall–Kier alpha value is -2.44. The average molecular weight is 358 g/mol. The number of nitrogens with zero attached hydrogens (tertiary/aromatic N) is 3. The van der Waals surface area contributed by atoms with E-state index in [1.54, 1.807) is 11.1 Å². The van der Waals surface area contributed by atoms with Crippen molar-refractivity contribution in [2.75, 3.05) is 26.2 Å². The minimum Gasteiger partial charge on any atom is -0.350 e. The molecule has 0 aliphatic carbocycles. The lowest BCUT2D eigenvalue weighted by molar-refractivity contribution is -0.138. The Morgan fingerprint density at radius 2 is 1.96 bits per heavy atom. The molecule has 2 fully saturated rings. The summed E-state index contributed by atoms with van der Waals surface area (Å²) in [6, 6.07) is 5.60. The van der Waals surface area contributed by atoms with Gasteiger partial charge in [0.2, 0.25) is 17.7 Å². The SMILES string of the molecule is O=C(NCc1ccccn1)[C@H]1CCC(=O)N(CCCN2CCCC2=O)C1. The fourth-order valence-corrected chi connectivity index (χ4v) is 3.56. The topological polar surface area (TPSA) is 82.6 Å². The van der Waals surface area contributed by atoms with Gasteiger partial charge in [-0.25, -0.2) is 0 Å². The molecule has 1 aromatic heterocycles. The van der Waals surface area contributed by atoms with Crippen LogP contribution >= 0.6 is 0 Å². The Morgan fingerprint density at radius 1 is 1.15 bits per heavy atom. The number of hydrogen-bond acceptors (Lipinski definition) is 4. The number of carbonyl (C=O) groups is 3. The van der Waals surface area contributed by atoms with Crippen LogP contribution in [0.15, 0.2) is 24.4 Å². The van der Waals surface area contributed by atoms with Crippen LogP contribution in [0.1, 0.15) is 37.8 Å². The zero-order valence-electron chi connectivity index (χ0n) is 15.0. The van der Waals surface area contributed by atoms with Gasteiger partial charge in [-0.15, -0.1) is 0 Å². The maximum absolute atomic E-state index is 12.4. The highest BCUT2D eigenvalue weighted by Crippen LogP contribution is 2.19. The fourth-order valence-electron chi connectivity index (χ4n) is 3.56. The summed E-state index contributed by atoms with van der Waals surface area (Å²) < 4.78 is 0. The third-order valence-electron chi connectivity index (χ3n) is 5.07. The highest BCUT2D eigenvalue weighted by molar-refractivity contribution is 5.83. The van der Waals surface area contributed by atoms with Crippen molar-refractivity contribution in [3.63, 3.8) is 0 Å². The lowest BCUT2D eigenvalue weighted by atomic mass is 9.96. The van der Waals surface area contributed by atoms with E-state index in [1.165, 1.54) is 0 Å². The quantitative estimate of drug-likeness (QED) is 0.787. The van der Waals surface area contributed by atoms with Gasteiger partial charge >= 0.3 is 0 Å². The molecule has 140 valence electrons. The van der Waals surface area contributed by atoms with Crippen molar-refractivity contribution in [2.24, 2.45) is 5.92 Å². The Bertz CT molecular complexity index is 649. The Balaban J connectivity index is 1.43. The maximum atomic E-state index is 12.4. The van der Waals surface area contributed by atoms with Gasteiger partial charge in [-0.3, -0.25) is 19.4 Å². The third kappa shape index (κ3) is 4.80. The number of piperidine rings is 1. The Morgan fingerprint density at radius 3 is 2.69 bits per heavy atom. The number of pyridine rings is 1. The Kier molecular flexibility index (Phi) is 6.20. The van der Waals surface area contributed by atoms with Crippen LogP contribution in [0.4, 0.5) is 0 Å². The molecule has 2 saturated heterocycles. The van der Waals surface area contributed by atoms with E-state index in [2.05, 4.69) is 10.3 Å². The largest absolute Gasteiger partial charge is 0.350 e. The van der Waals surface area contributed by atoms with Crippen molar-refractivity contribution in [2.45, 2.75) is 38.6 Å². The van der Waals surface area contributed by atoms with Gasteiger partial charge in [0.1, 0.15) is 0 Å². The fraction of sp³-hybridized carbons (Fsp3) is 0.579. The summed E-state index contributed by atoms with van der Waals surface area (Å²) in [4.78, 5) is 44.0. The van der Waals surface area contributed by atoms with Crippen LogP contribution in [0.25, 0.3) is 0 Å². The predicted molar refractivity (Wildman–Crippen MR) is 95.8 cm³/mol. The number of rotatable bonds is 7. The second kappa shape index (κ2) is 8.78. The lowest BCUT2D eigenvalue weighted by Crippen LogP contribution is -2.46. The van der Waals surface area contributed by atoms with E-state index in [9.17, 15) is 14.4 Å². The van der Waals surface area contributed by atoms with E-state index in [0.29, 0.717) is 45.4 Å². The number of aromatic nitrogens is 1. The molecule has 1 atom stereocenters. The molecule has 3 rings (SSSR count). The van der Waals surface area contributed by atoms with E-state index in [1.807, 2.05) is 23.1 Å². The molecular formula is C19H26N4O3. The first kappa shape index (κ1) is 18.4. The monoisotopic (exact) mass is 358 g/mol. The molecule has 7 heteroatoms. The third-order valence-corrected chi connectivity index (χ3v) is 5.07. The molecule has 1 N–H and O–H groups in total. The van der Waals surface area contributed by atoms with Gasteiger partial charge in [-0.1, -0.05) is 6.07 Å². The molecule has 0 radical (unpaired) electrons. The van der Waals surface area contributed by atoms with Crippen LogP contribution in [-0.2, 0) is 20.9 Å². The molecule has 0 saturated carbocycles. The van der Waals surface area contributed by atoms with E-state index >= 15 is 0 Å². The highest BCUT2D eigenvalue weighted by atomic mass is 16.2. The summed E-state index contributed by atoms with van der Waals surface area (Å²) in [7, 11) is 0. The molecule has 0 unspecified atom stereocenters. The van der Waals surface area contributed by atoms with Gasteiger partial charge in [0.05, 0.1) is 18.2 Å². The molecule has 7 nitrogen and oxygen atoms in total. The van der Waals surface area contributed by atoms with Crippen molar-refractivity contribution in [1.82, 2.24) is 20.1 Å². The van der Waals surface area contributed by atoms with E-state index in [-0.39, 0.29) is 23.6 Å². The van der Waals surface area contributed by atoms with E-state index < -0.39 is 0 Å². The molecule has 0 bridgehead atoms. The van der Waals surface area contributed by atoms with Gasteiger partial charge in [-0.2, -0.15) is 0 Å². The van der Waals surface area contributed by atoms with Crippen LogP contribution in [0, 0.1) is 5.92 Å². The minimum atomic E-state index is -0.176. The summed E-state index contributed by atoms with van der Waals surface area (Å²) in [5.41, 5.74) is 0.819. The van der Waals surface area contributed by atoms with Gasteiger partial charge in [0, 0.05) is 45.2 Å². The highest BCUT2D eigenvalue weighted by Gasteiger charge is 2.30. The summed E-state index contributed by atoms with van der Waals surface area (Å²) in [5, 5.41) is 2.92. The first-order valence-corrected chi connectivity index (χ1v) is 9.36. The molecule has 2 aliphatic heterocycles. The molecule has 3 amide bonds. The molecular weight excluding hydrogens is 332 g/mol. The zero-order chi connectivity index (χ0) is 18.4. The van der Waals surface area contributed by atoms with Crippen molar-refractivity contribution >= 4 is 17.7 Å². The molecule has 0 spiro atoms. The van der Waals surface area contributed by atoms with Gasteiger partial charge in [-0.05, 0) is 31.4 Å². The standard InChI is InChI=1S/C19H26N4O3/c24-17-6-3-10-22(17)11-4-12-23-14-15(7-8-18(23)25)19(26)21-13-16-5-1-2-9-20-16/h1-2,5,9,15H,3-4,6-8,10-14H2,(H,21,26)/t15-/m0/s1. The van der Waals surface area contributed by atoms with Crippen molar-refractivity contribution < 1.29 is 14.4 Å². The number of carbonyl (C=O) groups excluding carboxylic acids is 3. The molecule has 2 aliphatic rings. The molecule has 1 aromatic rings. The lowest BCUT2D eigenvalue weighted by Gasteiger charge is -2.32. The van der Waals surface area contributed by atoms with Crippen LogP contribution in [0.2, 0.25) is 0 Å². The molecule has 26 heavy (non-hydrogen) atoms. The van der Waals surface area contributed by atoms with Crippen molar-refractivity contribution in [3.05, 3.63) is 30.1 Å². The van der Waals surface area contributed by atoms with Gasteiger partial charge in [0.15, 0.2) is 0 Å². The van der Waals surface area contributed by atoms with Crippen LogP contribution in [0.5, 0.6) is 0 Å². The normalized spacial score (nSPS) is 20.5. The van der Waals surface area contributed by atoms with Crippen LogP contribution < -0.4 is 5.32 Å². The van der Waals surface area contributed by atoms with Gasteiger partial charge in [0.25, 0.3) is 0 Å². The van der Waals surface area contributed by atoms with Gasteiger partial charge < -0.3 is 15.1 Å². The molecule has 3 heterocycles. The summed E-state index contributed by atoms with van der Waals surface area (Å²) in [6.45, 7) is 2.99. The van der Waals surface area contributed by atoms with Crippen LogP contribution in [0.3, 0.4) is 0 Å². The number of hydrogen-bond donors (Lipinski definition) is 1. The smallest absolute Gasteiger partial charge is 0.225 e. The second-order valence-corrected chi connectivity index (χ2v) is 6.95. The van der Waals surface area contributed by atoms with E-state index in [0.717, 1.165) is 25.1 Å². The average Bonchev–Trinajstić information content (AvgIpc) is 3.07.